The van der Waals surface area contributed by atoms with Gasteiger partial charge >= 0.3 is 5.97 Å². The molecule has 1 saturated heterocycles. The fraction of sp³-hybridized carbons (Fsp3) is 0.462. The molecule has 104 valence electrons. The average molecular weight is 283 g/mol. The molecule has 1 heterocycles. The van der Waals surface area contributed by atoms with Crippen molar-refractivity contribution in [1.82, 2.24) is 0 Å². The number of aryl methyl sites for hydroxylation is 1. The number of hydrogen-bond donors (Lipinski definition) is 2. The highest BCUT2D eigenvalue weighted by Gasteiger charge is 2.24. The normalized spacial score (nSPS) is 19.0. The smallest absolute Gasteiger partial charge is 0.337 e. The summed E-state index contributed by atoms with van der Waals surface area (Å²) in [5, 5.41) is 12.3. The van der Waals surface area contributed by atoms with Gasteiger partial charge in [0.2, 0.25) is 0 Å². The van der Waals surface area contributed by atoms with E-state index in [-0.39, 0.29) is 23.1 Å². The van der Waals surface area contributed by atoms with Crippen molar-refractivity contribution in [2.24, 2.45) is 0 Å². The Bertz CT molecular complexity index is 581. The number of benzene rings is 1. The van der Waals surface area contributed by atoms with Crippen LogP contribution in [0.5, 0.6) is 0 Å². The summed E-state index contributed by atoms with van der Waals surface area (Å²) in [5.41, 5.74) is 1.76. The Kier molecular flexibility index (Phi) is 3.80. The van der Waals surface area contributed by atoms with Gasteiger partial charge in [-0.15, -0.1) is 0 Å². The first-order valence-electron chi connectivity index (χ1n) is 6.18. The molecule has 2 rings (SSSR count). The molecule has 1 fully saturated rings. The standard InChI is InChI=1S/C13H17NO4S/c1-9-2-3-11(13(15)16)12(8-9)14-10-4-6-19(17,18)7-5-10/h2-3,8,10,14H,4-7H2,1H3,(H,15,16). The molecule has 19 heavy (non-hydrogen) atoms. The Morgan fingerprint density at radius 2 is 1.95 bits per heavy atom. The molecule has 0 spiro atoms. The fourth-order valence-corrected chi connectivity index (χ4v) is 3.71. The van der Waals surface area contributed by atoms with Gasteiger partial charge in [0.25, 0.3) is 0 Å². The van der Waals surface area contributed by atoms with E-state index in [1.807, 2.05) is 6.92 Å². The van der Waals surface area contributed by atoms with Crippen molar-refractivity contribution in [3.05, 3.63) is 29.3 Å². The van der Waals surface area contributed by atoms with Crippen LogP contribution in [0.1, 0.15) is 28.8 Å². The lowest BCUT2D eigenvalue weighted by molar-refractivity contribution is 0.0698. The van der Waals surface area contributed by atoms with E-state index in [0.717, 1.165) is 5.56 Å². The predicted octanol–water partition coefficient (Wildman–Crippen LogP) is 1.68. The summed E-state index contributed by atoms with van der Waals surface area (Å²) in [4.78, 5) is 11.1. The van der Waals surface area contributed by atoms with E-state index in [1.54, 1.807) is 18.2 Å². The minimum absolute atomic E-state index is 0.0171. The number of anilines is 1. The minimum Gasteiger partial charge on any atom is -0.478 e. The van der Waals surface area contributed by atoms with Gasteiger partial charge in [-0.25, -0.2) is 13.2 Å². The van der Waals surface area contributed by atoms with E-state index in [9.17, 15) is 13.2 Å². The SMILES string of the molecule is Cc1ccc(C(=O)O)c(NC2CCS(=O)(=O)CC2)c1. The molecule has 0 aromatic heterocycles. The predicted molar refractivity (Wildman–Crippen MR) is 73.4 cm³/mol. The zero-order chi connectivity index (χ0) is 14.0. The van der Waals surface area contributed by atoms with Crippen LogP contribution in [0.2, 0.25) is 0 Å². The van der Waals surface area contributed by atoms with Gasteiger partial charge in [0.15, 0.2) is 0 Å². The second-order valence-corrected chi connectivity index (χ2v) is 7.23. The maximum atomic E-state index is 11.4. The summed E-state index contributed by atoms with van der Waals surface area (Å²) < 4.78 is 22.7. The van der Waals surface area contributed by atoms with Crippen LogP contribution in [0.15, 0.2) is 18.2 Å². The number of carboxylic acid groups (broad SMARTS) is 1. The fourth-order valence-electron chi connectivity index (χ4n) is 2.22. The zero-order valence-electron chi connectivity index (χ0n) is 10.7. The number of nitrogens with one attached hydrogen (secondary N) is 1. The van der Waals surface area contributed by atoms with Gasteiger partial charge in [0, 0.05) is 11.7 Å². The molecular weight excluding hydrogens is 266 g/mol. The second-order valence-electron chi connectivity index (χ2n) is 4.92. The maximum absolute atomic E-state index is 11.4. The van der Waals surface area contributed by atoms with Gasteiger partial charge in [0.05, 0.1) is 17.1 Å². The van der Waals surface area contributed by atoms with Crippen LogP contribution in [-0.4, -0.2) is 37.0 Å². The third-order valence-electron chi connectivity index (χ3n) is 3.32. The molecule has 0 bridgehead atoms. The van der Waals surface area contributed by atoms with Crippen molar-refractivity contribution in [3.8, 4) is 0 Å². The van der Waals surface area contributed by atoms with Gasteiger partial charge in [-0.05, 0) is 37.5 Å². The molecule has 0 unspecified atom stereocenters. The monoisotopic (exact) mass is 283 g/mol. The van der Waals surface area contributed by atoms with Crippen molar-refractivity contribution in [1.29, 1.82) is 0 Å². The molecule has 1 aliphatic heterocycles. The number of carboxylic acids is 1. The van der Waals surface area contributed by atoms with Gasteiger partial charge in [-0.2, -0.15) is 0 Å². The first-order valence-corrected chi connectivity index (χ1v) is 8.00. The highest BCUT2D eigenvalue weighted by molar-refractivity contribution is 7.91. The molecule has 6 heteroatoms. The number of hydrogen-bond acceptors (Lipinski definition) is 4. The van der Waals surface area contributed by atoms with E-state index in [0.29, 0.717) is 18.5 Å². The molecule has 0 saturated carbocycles. The van der Waals surface area contributed by atoms with E-state index in [1.165, 1.54) is 0 Å². The van der Waals surface area contributed by atoms with Gasteiger partial charge in [-0.3, -0.25) is 0 Å². The van der Waals surface area contributed by atoms with Crippen molar-refractivity contribution >= 4 is 21.5 Å². The largest absolute Gasteiger partial charge is 0.478 e. The molecule has 0 amide bonds. The molecule has 0 radical (unpaired) electrons. The van der Waals surface area contributed by atoms with Gasteiger partial charge in [-0.1, -0.05) is 6.07 Å². The van der Waals surface area contributed by atoms with E-state index >= 15 is 0 Å². The van der Waals surface area contributed by atoms with Crippen LogP contribution < -0.4 is 5.32 Å². The lowest BCUT2D eigenvalue weighted by Gasteiger charge is -2.25. The molecule has 0 aliphatic carbocycles. The van der Waals surface area contributed by atoms with Crippen LogP contribution in [0, 0.1) is 6.92 Å². The molecule has 1 aliphatic rings. The maximum Gasteiger partial charge on any atom is 0.337 e. The summed E-state index contributed by atoms with van der Waals surface area (Å²) >= 11 is 0. The topological polar surface area (TPSA) is 83.5 Å². The summed E-state index contributed by atoms with van der Waals surface area (Å²) in [6.45, 7) is 1.89. The Labute approximate surface area is 112 Å². The van der Waals surface area contributed by atoms with Crippen LogP contribution >= 0.6 is 0 Å². The molecule has 1 aromatic rings. The van der Waals surface area contributed by atoms with Crippen LogP contribution in [-0.2, 0) is 9.84 Å². The van der Waals surface area contributed by atoms with Gasteiger partial charge in [0.1, 0.15) is 9.84 Å². The van der Waals surface area contributed by atoms with E-state index < -0.39 is 15.8 Å². The van der Waals surface area contributed by atoms with Crippen molar-refractivity contribution in [2.75, 3.05) is 16.8 Å². The number of carbonyl (C=O) groups is 1. The van der Waals surface area contributed by atoms with E-state index in [2.05, 4.69) is 5.32 Å². The highest BCUT2D eigenvalue weighted by atomic mass is 32.2. The Morgan fingerprint density at radius 3 is 2.53 bits per heavy atom. The number of sulfone groups is 1. The summed E-state index contributed by atoms with van der Waals surface area (Å²) in [7, 11) is -2.90. The lowest BCUT2D eigenvalue weighted by Crippen LogP contribution is -2.32. The molecule has 5 nitrogen and oxygen atoms in total. The third kappa shape index (κ3) is 3.47. The Hall–Kier alpha value is -1.56. The second kappa shape index (κ2) is 5.21. The Morgan fingerprint density at radius 1 is 1.32 bits per heavy atom. The average Bonchev–Trinajstić information content (AvgIpc) is 2.31. The quantitative estimate of drug-likeness (QED) is 0.882. The van der Waals surface area contributed by atoms with Gasteiger partial charge < -0.3 is 10.4 Å². The molecule has 0 atom stereocenters. The first-order chi connectivity index (χ1) is 8.87. The van der Waals surface area contributed by atoms with Crippen molar-refractivity contribution in [2.45, 2.75) is 25.8 Å². The van der Waals surface area contributed by atoms with Crippen LogP contribution in [0.25, 0.3) is 0 Å². The summed E-state index contributed by atoms with van der Waals surface area (Å²) in [6, 6.07) is 5.12. The number of aromatic carboxylic acids is 1. The van der Waals surface area contributed by atoms with Crippen LogP contribution in [0.4, 0.5) is 5.69 Å². The summed E-state index contributed by atoms with van der Waals surface area (Å²) in [6.07, 6.45) is 1.05. The van der Waals surface area contributed by atoms with Crippen LogP contribution in [0.3, 0.4) is 0 Å². The van der Waals surface area contributed by atoms with Crippen molar-refractivity contribution in [3.63, 3.8) is 0 Å². The first kappa shape index (κ1) is 13.9. The Balaban J connectivity index is 2.15. The zero-order valence-corrected chi connectivity index (χ0v) is 11.5. The third-order valence-corrected chi connectivity index (χ3v) is 5.04. The molecule has 2 N–H and O–H groups in total. The lowest BCUT2D eigenvalue weighted by atomic mass is 10.1. The van der Waals surface area contributed by atoms with Crippen molar-refractivity contribution < 1.29 is 18.3 Å². The number of rotatable bonds is 3. The molecule has 1 aromatic carbocycles. The summed E-state index contributed by atoms with van der Waals surface area (Å²) in [5.74, 6) is -0.649. The highest BCUT2D eigenvalue weighted by Crippen LogP contribution is 2.22. The van der Waals surface area contributed by atoms with E-state index in [4.69, 9.17) is 5.11 Å². The molecular formula is C13H17NO4S. The minimum atomic E-state index is -2.90.